The number of aliphatic hydroxyl groups is 1. The Morgan fingerprint density at radius 3 is 2.29 bits per heavy atom. The van der Waals surface area contributed by atoms with Gasteiger partial charge in [0.25, 0.3) is 5.56 Å². The summed E-state index contributed by atoms with van der Waals surface area (Å²) in [7, 11) is 3.57. The van der Waals surface area contributed by atoms with Crippen molar-refractivity contribution in [2.75, 3.05) is 0 Å². The van der Waals surface area contributed by atoms with Gasteiger partial charge in [0.1, 0.15) is 5.82 Å². The molecule has 3 aromatic carbocycles. The maximum Gasteiger partial charge on any atom is 0.251 e. The minimum absolute atomic E-state index is 0.132. The Balaban J connectivity index is 1.84. The Bertz CT molecular complexity index is 1590. The van der Waals surface area contributed by atoms with E-state index >= 15 is 0 Å². The summed E-state index contributed by atoms with van der Waals surface area (Å²) in [6.45, 7) is 0. The van der Waals surface area contributed by atoms with Crippen molar-refractivity contribution in [3.63, 3.8) is 0 Å². The van der Waals surface area contributed by atoms with Gasteiger partial charge >= 0.3 is 0 Å². The zero-order valence-corrected chi connectivity index (χ0v) is 20.0. The fraction of sp³-hybridized carbons (Fsp3) is 0.111. The number of rotatable bonds is 4. The predicted molar refractivity (Wildman–Crippen MR) is 136 cm³/mol. The molecule has 5 nitrogen and oxygen atoms in total. The molecular weight excluding hydrogens is 469 g/mol. The molecule has 1 atom stereocenters. The summed E-state index contributed by atoms with van der Waals surface area (Å²) in [5, 5.41) is 14.2. The monoisotopic (exact) mass is 489 g/mol. The lowest BCUT2D eigenvalue weighted by Crippen LogP contribution is -2.32. The van der Waals surface area contributed by atoms with Crippen molar-refractivity contribution in [3.05, 3.63) is 123 Å². The lowest BCUT2D eigenvalue weighted by molar-refractivity contribution is 0.112. The van der Waals surface area contributed by atoms with E-state index in [0.717, 1.165) is 22.0 Å². The Labute approximate surface area is 206 Å². The molecule has 0 bridgehead atoms. The summed E-state index contributed by atoms with van der Waals surface area (Å²) in [5.74, 6) is 0.461. The average molecular weight is 490 g/mol. The molecule has 0 fully saturated rings. The number of fused-ring (bicyclic) bond motifs is 1. The van der Waals surface area contributed by atoms with Crippen LogP contribution in [0.2, 0.25) is 10.0 Å². The maximum absolute atomic E-state index is 12.7. The second-order valence-corrected chi connectivity index (χ2v) is 9.15. The van der Waals surface area contributed by atoms with Crippen LogP contribution in [0.25, 0.3) is 22.0 Å². The summed E-state index contributed by atoms with van der Waals surface area (Å²) < 4.78 is 3.38. The molecule has 5 rings (SSSR count). The van der Waals surface area contributed by atoms with Crippen molar-refractivity contribution in [2.45, 2.75) is 5.60 Å². The molecule has 0 aliphatic heterocycles. The Hall–Kier alpha value is -3.38. The molecule has 1 N–H and O–H groups in total. The molecule has 0 saturated heterocycles. The van der Waals surface area contributed by atoms with Gasteiger partial charge in [-0.3, -0.25) is 4.79 Å². The average Bonchev–Trinajstić information content (AvgIpc) is 3.27. The van der Waals surface area contributed by atoms with E-state index in [1.807, 2.05) is 43.4 Å². The molecule has 0 radical (unpaired) electrons. The smallest absolute Gasteiger partial charge is 0.251 e. The molecule has 5 aromatic rings. The quantitative estimate of drug-likeness (QED) is 0.361. The summed E-state index contributed by atoms with van der Waals surface area (Å²) in [5.41, 5.74) is 1.84. The van der Waals surface area contributed by atoms with Crippen molar-refractivity contribution in [3.8, 4) is 11.1 Å². The summed E-state index contributed by atoms with van der Waals surface area (Å²) >= 11 is 12.4. The lowest BCUT2D eigenvalue weighted by Gasteiger charge is -2.29. The summed E-state index contributed by atoms with van der Waals surface area (Å²) in [4.78, 5) is 17.2. The van der Waals surface area contributed by atoms with Gasteiger partial charge in [0.15, 0.2) is 5.60 Å². The molecule has 0 spiro atoms. The number of benzene rings is 3. The lowest BCUT2D eigenvalue weighted by atomic mass is 9.84. The van der Waals surface area contributed by atoms with E-state index in [4.69, 9.17) is 23.2 Å². The van der Waals surface area contributed by atoms with Crippen LogP contribution in [0.3, 0.4) is 0 Å². The summed E-state index contributed by atoms with van der Waals surface area (Å²) in [6, 6.07) is 21.6. The molecule has 0 aliphatic carbocycles. The highest BCUT2D eigenvalue weighted by Crippen LogP contribution is 2.39. The number of hydrogen-bond acceptors (Lipinski definition) is 3. The number of nitrogens with zero attached hydrogens (tertiary/aromatic N) is 3. The molecule has 0 amide bonds. The second-order valence-electron chi connectivity index (χ2n) is 8.28. The minimum Gasteiger partial charge on any atom is -0.373 e. The van der Waals surface area contributed by atoms with Crippen LogP contribution in [-0.4, -0.2) is 19.2 Å². The number of imidazole rings is 1. The van der Waals surface area contributed by atoms with Gasteiger partial charge in [0, 0.05) is 48.0 Å². The van der Waals surface area contributed by atoms with E-state index in [2.05, 4.69) is 4.98 Å². The standard InChI is InChI=1S/C27H21Cl2N3O2/c1-31-13-12-30-26(31)27(34,18-6-9-20(28)10-7-18)19-8-11-24-23(15-19)22(16-25(33)32(24)2)17-4-3-5-21(29)14-17/h3-16,34H,1-2H3. The third kappa shape index (κ3) is 3.62. The highest BCUT2D eigenvalue weighted by Gasteiger charge is 2.38. The zero-order chi connectivity index (χ0) is 24.0. The van der Waals surface area contributed by atoms with Crippen molar-refractivity contribution < 1.29 is 5.11 Å². The largest absolute Gasteiger partial charge is 0.373 e. The molecular formula is C27H21Cl2N3O2. The first-order valence-electron chi connectivity index (χ1n) is 10.7. The van der Waals surface area contributed by atoms with Crippen LogP contribution < -0.4 is 5.56 Å². The zero-order valence-electron chi connectivity index (χ0n) is 18.5. The number of aryl methyl sites for hydroxylation is 2. The van der Waals surface area contributed by atoms with E-state index in [0.29, 0.717) is 27.0 Å². The van der Waals surface area contributed by atoms with Gasteiger partial charge < -0.3 is 14.2 Å². The number of hydrogen-bond donors (Lipinski definition) is 1. The second kappa shape index (κ2) is 8.44. The fourth-order valence-corrected chi connectivity index (χ4v) is 4.73. The molecule has 7 heteroatoms. The van der Waals surface area contributed by atoms with Crippen LogP contribution >= 0.6 is 23.2 Å². The number of pyridine rings is 1. The van der Waals surface area contributed by atoms with Gasteiger partial charge in [-0.25, -0.2) is 4.98 Å². The Kier molecular flexibility index (Phi) is 5.56. The Morgan fingerprint density at radius 2 is 1.62 bits per heavy atom. The van der Waals surface area contributed by atoms with E-state index in [1.165, 1.54) is 0 Å². The van der Waals surface area contributed by atoms with Crippen molar-refractivity contribution in [1.82, 2.24) is 14.1 Å². The van der Waals surface area contributed by atoms with Gasteiger partial charge in [0.05, 0.1) is 5.52 Å². The molecule has 170 valence electrons. The fourth-order valence-electron chi connectivity index (χ4n) is 4.41. The van der Waals surface area contributed by atoms with E-state index in [-0.39, 0.29) is 5.56 Å². The molecule has 2 heterocycles. The number of aromatic nitrogens is 3. The first kappa shape index (κ1) is 22.4. The molecule has 0 saturated carbocycles. The SMILES string of the molecule is Cn1ccnc1C(O)(c1ccc(Cl)cc1)c1ccc2c(c1)c(-c1cccc(Cl)c1)cc(=O)n2C. The van der Waals surface area contributed by atoms with E-state index in [1.54, 1.807) is 65.0 Å². The van der Waals surface area contributed by atoms with Gasteiger partial charge in [-0.2, -0.15) is 0 Å². The van der Waals surface area contributed by atoms with Gasteiger partial charge in [0.2, 0.25) is 0 Å². The van der Waals surface area contributed by atoms with Crippen molar-refractivity contribution in [1.29, 1.82) is 0 Å². The van der Waals surface area contributed by atoms with Crippen LogP contribution in [-0.2, 0) is 19.7 Å². The third-order valence-corrected chi connectivity index (χ3v) is 6.69. The topological polar surface area (TPSA) is 60.0 Å². The van der Waals surface area contributed by atoms with Gasteiger partial charge in [-0.05, 0) is 58.7 Å². The van der Waals surface area contributed by atoms with Crippen LogP contribution in [0.5, 0.6) is 0 Å². The maximum atomic E-state index is 12.7. The predicted octanol–water partition coefficient (Wildman–Crippen LogP) is 5.53. The van der Waals surface area contributed by atoms with E-state index in [9.17, 15) is 9.90 Å². The highest BCUT2D eigenvalue weighted by atomic mass is 35.5. The normalized spacial score (nSPS) is 13.2. The first-order valence-corrected chi connectivity index (χ1v) is 11.4. The third-order valence-electron chi connectivity index (χ3n) is 6.21. The first-order chi connectivity index (χ1) is 16.3. The molecule has 34 heavy (non-hydrogen) atoms. The van der Waals surface area contributed by atoms with Crippen LogP contribution in [0, 0.1) is 0 Å². The van der Waals surface area contributed by atoms with Crippen LogP contribution in [0.15, 0.2) is 90.0 Å². The summed E-state index contributed by atoms with van der Waals surface area (Å²) in [6.07, 6.45) is 3.44. The van der Waals surface area contributed by atoms with Gasteiger partial charge in [-0.15, -0.1) is 0 Å². The van der Waals surface area contributed by atoms with Crippen LogP contribution in [0.4, 0.5) is 0 Å². The number of halogens is 2. The Morgan fingerprint density at radius 1 is 0.882 bits per heavy atom. The molecule has 0 aliphatic rings. The van der Waals surface area contributed by atoms with E-state index < -0.39 is 5.60 Å². The highest BCUT2D eigenvalue weighted by molar-refractivity contribution is 6.31. The minimum atomic E-state index is -1.56. The molecule has 1 unspecified atom stereocenters. The molecule has 2 aromatic heterocycles. The van der Waals surface area contributed by atoms with Crippen molar-refractivity contribution >= 4 is 34.1 Å². The van der Waals surface area contributed by atoms with Crippen LogP contribution in [0.1, 0.15) is 17.0 Å². The van der Waals surface area contributed by atoms with Crippen molar-refractivity contribution in [2.24, 2.45) is 14.1 Å². The van der Waals surface area contributed by atoms with Gasteiger partial charge in [-0.1, -0.05) is 53.5 Å².